The Labute approximate surface area is 174 Å². The van der Waals surface area contributed by atoms with Gasteiger partial charge >= 0.3 is 0 Å². The first-order valence-electron chi connectivity index (χ1n) is 8.66. The second-order valence-corrected chi connectivity index (χ2v) is 6.37. The number of hydrogen-bond acceptors (Lipinski definition) is 5. The first-order chi connectivity index (χ1) is 15.2. The lowest BCUT2D eigenvalue weighted by Gasteiger charge is -2.05. The lowest BCUT2D eigenvalue weighted by atomic mass is 10.1. The van der Waals surface area contributed by atoms with Crippen molar-refractivity contribution in [2.45, 2.75) is 0 Å². The maximum absolute atomic E-state index is 14.0. The monoisotopic (exact) mass is 449 g/mol. The van der Waals surface area contributed by atoms with Crippen LogP contribution in [0.5, 0.6) is 0 Å². The molecule has 0 unspecified atom stereocenters. The molecule has 12 heteroatoms. The van der Waals surface area contributed by atoms with E-state index in [-0.39, 0.29) is 22.4 Å². The van der Waals surface area contributed by atoms with Crippen molar-refractivity contribution in [3.63, 3.8) is 0 Å². The number of rotatable bonds is 4. The molecule has 0 saturated heterocycles. The molecule has 0 atom stereocenters. The Bertz CT molecular complexity index is 1390. The second kappa shape index (κ2) is 7.72. The summed E-state index contributed by atoms with van der Waals surface area (Å²) in [7, 11) is 0. The molecule has 0 aliphatic rings. The molecule has 32 heavy (non-hydrogen) atoms. The number of benzene rings is 3. The van der Waals surface area contributed by atoms with Crippen LogP contribution in [-0.4, -0.2) is 15.8 Å². The lowest BCUT2D eigenvalue weighted by molar-refractivity contribution is -0.385. The normalized spacial score (nSPS) is 11.0. The summed E-state index contributed by atoms with van der Waals surface area (Å²) >= 11 is 0. The van der Waals surface area contributed by atoms with Crippen LogP contribution < -0.4 is 5.32 Å². The molecule has 0 aliphatic heterocycles. The van der Waals surface area contributed by atoms with E-state index in [0.29, 0.717) is 0 Å². The largest absolute Gasteiger partial charge is 0.436 e. The second-order valence-electron chi connectivity index (χ2n) is 6.37. The molecule has 7 nitrogen and oxygen atoms in total. The van der Waals surface area contributed by atoms with Gasteiger partial charge in [0, 0.05) is 11.8 Å². The minimum absolute atomic E-state index is 0.0763. The number of hydrogen-bond donors (Lipinski definition) is 1. The molecule has 1 N–H and O–H groups in total. The van der Waals surface area contributed by atoms with E-state index in [1.54, 1.807) is 0 Å². The van der Waals surface area contributed by atoms with Crippen LogP contribution in [-0.2, 0) is 0 Å². The highest BCUT2D eigenvalue weighted by Crippen LogP contribution is 2.33. The SMILES string of the molecule is O=C(Nc1ccc2oc(-c3c(F)c(F)c(F)c(F)c3F)nc2c1)c1ccccc1[N+](=O)[O-]. The molecule has 1 aromatic heterocycles. The van der Waals surface area contributed by atoms with Gasteiger partial charge in [0.25, 0.3) is 11.6 Å². The summed E-state index contributed by atoms with van der Waals surface area (Å²) in [6.45, 7) is 0. The number of anilines is 1. The third-order valence-corrected chi connectivity index (χ3v) is 4.41. The Balaban J connectivity index is 1.71. The van der Waals surface area contributed by atoms with Crippen LogP contribution in [0.25, 0.3) is 22.6 Å². The highest BCUT2D eigenvalue weighted by molar-refractivity contribution is 6.07. The highest BCUT2D eigenvalue weighted by atomic mass is 19.2. The van der Waals surface area contributed by atoms with Gasteiger partial charge in [-0.3, -0.25) is 14.9 Å². The van der Waals surface area contributed by atoms with E-state index in [0.717, 1.165) is 6.07 Å². The number of oxazole rings is 1. The van der Waals surface area contributed by atoms with Gasteiger partial charge in [-0.15, -0.1) is 0 Å². The summed E-state index contributed by atoms with van der Waals surface area (Å²) in [6, 6.07) is 8.92. The fourth-order valence-corrected chi connectivity index (χ4v) is 2.93. The molecule has 0 saturated carbocycles. The van der Waals surface area contributed by atoms with Gasteiger partial charge in [0.1, 0.15) is 16.6 Å². The summed E-state index contributed by atoms with van der Waals surface area (Å²) in [6.07, 6.45) is 0. The molecule has 0 fully saturated rings. The smallest absolute Gasteiger partial charge is 0.282 e. The molecule has 4 rings (SSSR count). The van der Waals surface area contributed by atoms with Crippen molar-refractivity contribution in [3.05, 3.63) is 87.2 Å². The van der Waals surface area contributed by atoms with E-state index >= 15 is 0 Å². The van der Waals surface area contributed by atoms with Crippen LogP contribution in [0.15, 0.2) is 46.9 Å². The van der Waals surface area contributed by atoms with Crippen LogP contribution >= 0.6 is 0 Å². The number of nitro benzene ring substituents is 1. The Morgan fingerprint density at radius 2 is 1.56 bits per heavy atom. The van der Waals surface area contributed by atoms with Crippen LogP contribution in [0.4, 0.5) is 33.3 Å². The van der Waals surface area contributed by atoms with Gasteiger partial charge in [0.15, 0.2) is 28.9 Å². The first kappa shape index (κ1) is 20.9. The standard InChI is InChI=1S/C20H8F5N3O4/c21-14-13(15(22)17(24)18(25)16(14)23)20-27-10-7-8(5-6-12(10)32-20)26-19(29)9-3-1-2-4-11(9)28(30)31/h1-7H,(H,26,29). The van der Waals surface area contributed by atoms with Crippen LogP contribution in [0.2, 0.25) is 0 Å². The van der Waals surface area contributed by atoms with Gasteiger partial charge in [0.05, 0.1) is 4.92 Å². The third-order valence-electron chi connectivity index (χ3n) is 4.41. The molecule has 0 radical (unpaired) electrons. The summed E-state index contributed by atoms with van der Waals surface area (Å²) in [5.74, 6) is -12.5. The van der Waals surface area contributed by atoms with E-state index in [4.69, 9.17) is 4.42 Å². The zero-order valence-electron chi connectivity index (χ0n) is 15.5. The molecule has 1 heterocycles. The number of para-hydroxylation sites is 1. The summed E-state index contributed by atoms with van der Waals surface area (Å²) < 4.78 is 73.4. The van der Waals surface area contributed by atoms with E-state index in [1.807, 2.05) is 0 Å². The average Bonchev–Trinajstić information content (AvgIpc) is 3.19. The molecular formula is C20H8F5N3O4. The van der Waals surface area contributed by atoms with Gasteiger partial charge in [-0.2, -0.15) is 0 Å². The topological polar surface area (TPSA) is 98.3 Å². The maximum atomic E-state index is 14.0. The molecule has 0 aliphatic carbocycles. The van der Waals surface area contributed by atoms with E-state index in [2.05, 4.69) is 10.3 Å². The van der Waals surface area contributed by atoms with Crippen molar-refractivity contribution in [1.82, 2.24) is 4.98 Å². The van der Waals surface area contributed by atoms with Crippen molar-refractivity contribution >= 4 is 28.4 Å². The van der Waals surface area contributed by atoms with Crippen molar-refractivity contribution in [3.8, 4) is 11.5 Å². The predicted molar refractivity (Wildman–Crippen MR) is 100 cm³/mol. The average molecular weight is 449 g/mol. The Morgan fingerprint density at radius 1 is 0.938 bits per heavy atom. The van der Waals surface area contributed by atoms with Crippen molar-refractivity contribution in [2.75, 3.05) is 5.32 Å². The zero-order chi connectivity index (χ0) is 23.2. The molecule has 1 amide bonds. The number of halogens is 5. The number of carbonyl (C=O) groups excluding carboxylic acids is 1. The van der Waals surface area contributed by atoms with Crippen LogP contribution in [0.3, 0.4) is 0 Å². The molecular weight excluding hydrogens is 441 g/mol. The molecule has 4 aromatic rings. The van der Waals surface area contributed by atoms with Gasteiger partial charge < -0.3 is 9.73 Å². The number of amides is 1. The highest BCUT2D eigenvalue weighted by Gasteiger charge is 2.29. The number of fused-ring (bicyclic) bond motifs is 1. The van der Waals surface area contributed by atoms with E-state index in [1.165, 1.54) is 36.4 Å². The zero-order valence-corrected chi connectivity index (χ0v) is 15.5. The van der Waals surface area contributed by atoms with Crippen molar-refractivity contribution < 1.29 is 36.1 Å². The minimum Gasteiger partial charge on any atom is -0.436 e. The van der Waals surface area contributed by atoms with E-state index in [9.17, 15) is 36.9 Å². The first-order valence-corrected chi connectivity index (χ1v) is 8.66. The molecule has 0 spiro atoms. The Hall–Kier alpha value is -4.35. The predicted octanol–water partition coefficient (Wildman–Crippen LogP) is 5.35. The molecule has 3 aromatic carbocycles. The fraction of sp³-hybridized carbons (Fsp3) is 0. The molecule has 0 bridgehead atoms. The number of nitrogens with zero attached hydrogens (tertiary/aromatic N) is 2. The quantitative estimate of drug-likeness (QED) is 0.149. The minimum atomic E-state index is -2.32. The van der Waals surface area contributed by atoms with Gasteiger partial charge in [-0.1, -0.05) is 12.1 Å². The summed E-state index contributed by atoms with van der Waals surface area (Å²) in [5, 5.41) is 13.5. The third kappa shape index (κ3) is 3.41. The van der Waals surface area contributed by atoms with Gasteiger partial charge in [-0.05, 0) is 24.3 Å². The fourth-order valence-electron chi connectivity index (χ4n) is 2.93. The number of nitro groups is 1. The van der Waals surface area contributed by atoms with Crippen LogP contribution in [0.1, 0.15) is 10.4 Å². The Morgan fingerprint density at radius 3 is 2.22 bits per heavy atom. The Kier molecular flexibility index (Phi) is 5.04. The molecule has 162 valence electrons. The van der Waals surface area contributed by atoms with Gasteiger partial charge in [-0.25, -0.2) is 26.9 Å². The maximum Gasteiger partial charge on any atom is 0.282 e. The number of aromatic nitrogens is 1. The summed E-state index contributed by atoms with van der Waals surface area (Å²) in [4.78, 5) is 26.5. The van der Waals surface area contributed by atoms with Gasteiger partial charge in [0.2, 0.25) is 11.7 Å². The van der Waals surface area contributed by atoms with Crippen molar-refractivity contribution in [1.29, 1.82) is 0 Å². The lowest BCUT2D eigenvalue weighted by Crippen LogP contribution is -2.13. The number of nitrogens with one attached hydrogen (secondary N) is 1. The number of carbonyl (C=O) groups is 1. The van der Waals surface area contributed by atoms with Crippen LogP contribution in [0, 0.1) is 39.2 Å². The van der Waals surface area contributed by atoms with Crippen molar-refractivity contribution in [2.24, 2.45) is 0 Å². The summed E-state index contributed by atoms with van der Waals surface area (Å²) in [5.41, 5.74) is -2.07. The van der Waals surface area contributed by atoms with E-state index < -0.39 is 57.1 Å².